The molecule has 2 heterocycles. The van der Waals surface area contributed by atoms with Crippen LogP contribution in [0, 0.1) is 17.2 Å². The summed E-state index contributed by atoms with van der Waals surface area (Å²) >= 11 is 5.96. The van der Waals surface area contributed by atoms with E-state index in [0.717, 1.165) is 51.6 Å². The van der Waals surface area contributed by atoms with Crippen molar-refractivity contribution in [3.05, 3.63) is 28.8 Å². The van der Waals surface area contributed by atoms with Crippen LogP contribution in [0.4, 0.5) is 5.69 Å². The van der Waals surface area contributed by atoms with E-state index in [1.54, 1.807) is 6.07 Å². The fourth-order valence-corrected chi connectivity index (χ4v) is 3.31. The van der Waals surface area contributed by atoms with Crippen LogP contribution in [-0.2, 0) is 4.74 Å². The summed E-state index contributed by atoms with van der Waals surface area (Å²) in [4.78, 5) is 4.80. The van der Waals surface area contributed by atoms with Gasteiger partial charge in [0.15, 0.2) is 0 Å². The van der Waals surface area contributed by atoms with Gasteiger partial charge in [0.2, 0.25) is 0 Å². The van der Waals surface area contributed by atoms with Crippen LogP contribution in [0.3, 0.4) is 0 Å². The monoisotopic (exact) mass is 305 g/mol. The summed E-state index contributed by atoms with van der Waals surface area (Å²) in [7, 11) is 0. The maximum Gasteiger partial charge on any atom is 0.101 e. The van der Waals surface area contributed by atoms with Gasteiger partial charge in [0.1, 0.15) is 6.07 Å². The van der Waals surface area contributed by atoms with E-state index in [1.165, 1.54) is 6.42 Å². The highest BCUT2D eigenvalue weighted by atomic mass is 35.5. The Morgan fingerprint density at radius 3 is 2.76 bits per heavy atom. The first-order valence-corrected chi connectivity index (χ1v) is 7.89. The van der Waals surface area contributed by atoms with Gasteiger partial charge in [-0.05, 0) is 30.5 Å². The van der Waals surface area contributed by atoms with Crippen LogP contribution in [0.5, 0.6) is 0 Å². The topological polar surface area (TPSA) is 39.5 Å². The molecule has 1 unspecified atom stereocenters. The molecular weight excluding hydrogens is 286 g/mol. The SMILES string of the molecule is N#Cc1cc(Cl)ccc1N1CCN(CC2CCOC2)CC1. The molecule has 2 saturated heterocycles. The third-order valence-corrected chi connectivity index (χ3v) is 4.57. The first-order chi connectivity index (χ1) is 10.3. The summed E-state index contributed by atoms with van der Waals surface area (Å²) in [5.41, 5.74) is 1.67. The Balaban J connectivity index is 1.59. The molecule has 2 aliphatic heterocycles. The maximum absolute atomic E-state index is 9.26. The Morgan fingerprint density at radius 2 is 2.10 bits per heavy atom. The summed E-state index contributed by atoms with van der Waals surface area (Å²) in [6.45, 7) is 6.98. The normalized spacial score (nSPS) is 23.2. The minimum Gasteiger partial charge on any atom is -0.381 e. The standard InChI is InChI=1S/C16H20ClN3O/c17-15-1-2-16(14(9-15)10-18)20-6-4-19(5-7-20)11-13-3-8-21-12-13/h1-2,9,13H,3-8,11-12H2. The van der Waals surface area contributed by atoms with Crippen LogP contribution in [0.1, 0.15) is 12.0 Å². The van der Waals surface area contributed by atoms with Crippen molar-refractivity contribution in [2.75, 3.05) is 50.8 Å². The minimum atomic E-state index is 0.621. The molecular formula is C16H20ClN3O. The summed E-state index contributed by atoms with van der Waals surface area (Å²) in [6.07, 6.45) is 1.19. The molecule has 0 amide bonds. The minimum absolute atomic E-state index is 0.621. The number of hydrogen-bond donors (Lipinski definition) is 0. The van der Waals surface area contributed by atoms with Crippen LogP contribution >= 0.6 is 11.6 Å². The van der Waals surface area contributed by atoms with E-state index in [0.29, 0.717) is 16.5 Å². The molecule has 1 aromatic carbocycles. The highest BCUT2D eigenvalue weighted by Gasteiger charge is 2.23. The second kappa shape index (κ2) is 6.65. The smallest absolute Gasteiger partial charge is 0.101 e. The van der Waals surface area contributed by atoms with E-state index in [2.05, 4.69) is 15.9 Å². The molecule has 2 fully saturated rings. The average Bonchev–Trinajstić information content (AvgIpc) is 3.01. The van der Waals surface area contributed by atoms with Crippen molar-refractivity contribution in [2.45, 2.75) is 6.42 Å². The van der Waals surface area contributed by atoms with E-state index in [9.17, 15) is 5.26 Å². The lowest BCUT2D eigenvalue weighted by molar-refractivity contribution is 0.164. The average molecular weight is 306 g/mol. The lowest BCUT2D eigenvalue weighted by atomic mass is 10.1. The van der Waals surface area contributed by atoms with Crippen LogP contribution in [0.15, 0.2) is 18.2 Å². The number of benzene rings is 1. The zero-order valence-corrected chi connectivity index (χ0v) is 12.9. The molecule has 0 N–H and O–H groups in total. The number of nitrogens with zero attached hydrogens (tertiary/aromatic N) is 3. The molecule has 3 rings (SSSR count). The summed E-state index contributed by atoms with van der Waals surface area (Å²) < 4.78 is 5.44. The number of nitriles is 1. The Morgan fingerprint density at radius 1 is 1.29 bits per heavy atom. The Bertz CT molecular complexity index is 529. The van der Waals surface area contributed by atoms with Crippen molar-refractivity contribution < 1.29 is 4.74 Å². The molecule has 1 aromatic rings. The Hall–Kier alpha value is -1.28. The van der Waals surface area contributed by atoms with Crippen molar-refractivity contribution in [3.8, 4) is 6.07 Å². The van der Waals surface area contributed by atoms with Gasteiger partial charge < -0.3 is 9.64 Å². The highest BCUT2D eigenvalue weighted by Crippen LogP contribution is 2.25. The fourth-order valence-electron chi connectivity index (χ4n) is 3.14. The van der Waals surface area contributed by atoms with Gasteiger partial charge in [-0.3, -0.25) is 4.90 Å². The van der Waals surface area contributed by atoms with E-state index in [1.807, 2.05) is 12.1 Å². The first-order valence-electron chi connectivity index (χ1n) is 7.51. The molecule has 0 saturated carbocycles. The van der Waals surface area contributed by atoms with E-state index in [4.69, 9.17) is 16.3 Å². The van der Waals surface area contributed by atoms with Gasteiger partial charge in [0.25, 0.3) is 0 Å². The lowest BCUT2D eigenvalue weighted by Crippen LogP contribution is -2.48. The van der Waals surface area contributed by atoms with Crippen molar-refractivity contribution >= 4 is 17.3 Å². The van der Waals surface area contributed by atoms with E-state index >= 15 is 0 Å². The fraction of sp³-hybridized carbons (Fsp3) is 0.562. The maximum atomic E-state index is 9.26. The molecule has 4 nitrogen and oxygen atoms in total. The molecule has 112 valence electrons. The van der Waals surface area contributed by atoms with Gasteiger partial charge in [0.05, 0.1) is 17.9 Å². The van der Waals surface area contributed by atoms with Gasteiger partial charge in [-0.1, -0.05) is 11.6 Å². The number of rotatable bonds is 3. The molecule has 0 aliphatic carbocycles. The molecule has 5 heteroatoms. The predicted octanol–water partition coefficient (Wildman–Crippen LogP) is 2.37. The van der Waals surface area contributed by atoms with Crippen LogP contribution in [-0.4, -0.2) is 50.8 Å². The summed E-state index contributed by atoms with van der Waals surface area (Å²) in [6, 6.07) is 7.82. The van der Waals surface area contributed by atoms with Gasteiger partial charge in [-0.15, -0.1) is 0 Å². The van der Waals surface area contributed by atoms with Gasteiger partial charge in [-0.25, -0.2) is 0 Å². The van der Waals surface area contributed by atoms with Crippen molar-refractivity contribution in [3.63, 3.8) is 0 Å². The molecule has 21 heavy (non-hydrogen) atoms. The van der Waals surface area contributed by atoms with Gasteiger partial charge >= 0.3 is 0 Å². The zero-order valence-electron chi connectivity index (χ0n) is 12.1. The molecule has 0 radical (unpaired) electrons. The second-order valence-electron chi connectivity index (χ2n) is 5.79. The van der Waals surface area contributed by atoms with Crippen molar-refractivity contribution in [1.29, 1.82) is 5.26 Å². The number of anilines is 1. The number of hydrogen-bond acceptors (Lipinski definition) is 4. The van der Waals surface area contributed by atoms with Crippen LogP contribution in [0.25, 0.3) is 0 Å². The number of halogens is 1. The van der Waals surface area contributed by atoms with Gasteiger partial charge in [-0.2, -0.15) is 5.26 Å². The number of ether oxygens (including phenoxy) is 1. The molecule has 0 aromatic heterocycles. The van der Waals surface area contributed by atoms with Crippen LogP contribution in [0.2, 0.25) is 5.02 Å². The predicted molar refractivity (Wildman–Crippen MR) is 83.7 cm³/mol. The van der Waals surface area contributed by atoms with Gasteiger partial charge in [0, 0.05) is 44.4 Å². The Kier molecular flexibility index (Phi) is 4.64. The van der Waals surface area contributed by atoms with E-state index in [-0.39, 0.29) is 0 Å². The molecule has 0 spiro atoms. The largest absolute Gasteiger partial charge is 0.381 e. The van der Waals surface area contributed by atoms with E-state index < -0.39 is 0 Å². The quantitative estimate of drug-likeness (QED) is 0.859. The highest BCUT2D eigenvalue weighted by molar-refractivity contribution is 6.30. The molecule has 2 aliphatic rings. The van der Waals surface area contributed by atoms with Crippen LogP contribution < -0.4 is 4.90 Å². The van der Waals surface area contributed by atoms with Crippen molar-refractivity contribution in [1.82, 2.24) is 4.90 Å². The lowest BCUT2D eigenvalue weighted by Gasteiger charge is -2.37. The first kappa shape index (κ1) is 14.6. The molecule has 0 bridgehead atoms. The summed E-state index contributed by atoms with van der Waals surface area (Å²) in [5, 5.41) is 9.88. The third kappa shape index (κ3) is 3.49. The Labute approximate surface area is 130 Å². The third-order valence-electron chi connectivity index (χ3n) is 4.33. The second-order valence-corrected chi connectivity index (χ2v) is 6.23. The summed E-state index contributed by atoms with van der Waals surface area (Å²) in [5.74, 6) is 0.696. The number of piperazine rings is 1. The molecule has 1 atom stereocenters. The van der Waals surface area contributed by atoms with Crippen molar-refractivity contribution in [2.24, 2.45) is 5.92 Å². The zero-order chi connectivity index (χ0) is 14.7.